The highest BCUT2D eigenvalue weighted by Gasteiger charge is 2.28. The van der Waals surface area contributed by atoms with Crippen molar-refractivity contribution in [3.63, 3.8) is 0 Å². The summed E-state index contributed by atoms with van der Waals surface area (Å²) in [6.45, 7) is 3.12. The minimum Gasteiger partial charge on any atom is -0.342 e. The van der Waals surface area contributed by atoms with E-state index in [-0.39, 0.29) is 29.6 Å². The summed E-state index contributed by atoms with van der Waals surface area (Å²) in [5.41, 5.74) is 0.690. The average molecular weight is 327 g/mol. The van der Waals surface area contributed by atoms with Crippen LogP contribution in [0.4, 0.5) is 0 Å². The van der Waals surface area contributed by atoms with Crippen molar-refractivity contribution in [2.45, 2.75) is 26.3 Å². The molecular formula is C14H21N3O4S. The molecule has 122 valence electrons. The van der Waals surface area contributed by atoms with Gasteiger partial charge in [0.1, 0.15) is 0 Å². The van der Waals surface area contributed by atoms with Crippen molar-refractivity contribution < 1.29 is 13.2 Å². The smallest absolute Gasteiger partial charge is 0.250 e. The molecule has 2 heterocycles. The number of nitrogens with two attached hydrogens (primary N) is 1. The van der Waals surface area contributed by atoms with Gasteiger partial charge >= 0.3 is 0 Å². The number of carbonyl (C=O) groups is 1. The van der Waals surface area contributed by atoms with Crippen LogP contribution in [0.25, 0.3) is 0 Å². The predicted molar refractivity (Wildman–Crippen MR) is 82.7 cm³/mol. The Morgan fingerprint density at radius 3 is 2.77 bits per heavy atom. The number of hydrogen-bond acceptors (Lipinski definition) is 4. The number of sulfonamides is 1. The number of aromatic nitrogens is 1. The fourth-order valence-corrected chi connectivity index (χ4v) is 3.73. The lowest BCUT2D eigenvalue weighted by atomic mass is 10.2. The molecule has 8 heteroatoms. The molecule has 1 fully saturated rings. The summed E-state index contributed by atoms with van der Waals surface area (Å²) >= 11 is 0. The maximum Gasteiger partial charge on any atom is 0.250 e. The number of amides is 1. The average Bonchev–Trinajstić information content (AvgIpc) is 2.84. The lowest BCUT2D eigenvalue weighted by molar-refractivity contribution is -0.130. The van der Waals surface area contributed by atoms with E-state index in [1.54, 1.807) is 15.5 Å². The van der Waals surface area contributed by atoms with Gasteiger partial charge in [0.15, 0.2) is 0 Å². The zero-order valence-corrected chi connectivity index (χ0v) is 13.4. The van der Waals surface area contributed by atoms with E-state index in [1.807, 2.05) is 13.0 Å². The zero-order chi connectivity index (χ0) is 16.3. The molecule has 0 aromatic carbocycles. The number of nitrogens with zero attached hydrogens (tertiary/aromatic N) is 2. The van der Waals surface area contributed by atoms with Crippen molar-refractivity contribution in [1.29, 1.82) is 0 Å². The number of hydrogen-bond donors (Lipinski definition) is 1. The first-order valence-electron chi connectivity index (χ1n) is 7.21. The number of pyridine rings is 1. The van der Waals surface area contributed by atoms with E-state index >= 15 is 0 Å². The van der Waals surface area contributed by atoms with Crippen LogP contribution < -0.4 is 10.7 Å². The van der Waals surface area contributed by atoms with E-state index in [0.29, 0.717) is 26.1 Å². The van der Waals surface area contributed by atoms with Crippen molar-refractivity contribution in [2.24, 2.45) is 11.1 Å². The summed E-state index contributed by atoms with van der Waals surface area (Å²) in [6, 6.07) is 4.98. The lowest BCUT2D eigenvalue weighted by Crippen LogP contribution is -2.32. The van der Waals surface area contributed by atoms with Gasteiger partial charge in [0.2, 0.25) is 15.9 Å². The molecule has 22 heavy (non-hydrogen) atoms. The molecule has 0 radical (unpaired) electrons. The van der Waals surface area contributed by atoms with Gasteiger partial charge in [0, 0.05) is 37.8 Å². The SMILES string of the molecule is Cc1cccc(=O)n1CCC(=O)N1CC[C@@H](CS(N)(=O)=O)C1. The summed E-state index contributed by atoms with van der Waals surface area (Å²) in [5, 5.41) is 5.04. The fraction of sp³-hybridized carbons (Fsp3) is 0.571. The van der Waals surface area contributed by atoms with Gasteiger partial charge in [-0.1, -0.05) is 6.07 Å². The maximum atomic E-state index is 12.2. The second-order valence-corrected chi connectivity index (χ2v) is 7.39. The third kappa shape index (κ3) is 4.41. The van der Waals surface area contributed by atoms with Crippen LogP contribution in [-0.4, -0.2) is 42.6 Å². The number of primary sulfonamides is 1. The molecule has 7 nitrogen and oxygen atoms in total. The largest absolute Gasteiger partial charge is 0.342 e. The highest BCUT2D eigenvalue weighted by molar-refractivity contribution is 7.89. The summed E-state index contributed by atoms with van der Waals surface area (Å²) in [7, 11) is -3.51. The van der Waals surface area contributed by atoms with Gasteiger partial charge in [-0.3, -0.25) is 9.59 Å². The molecule has 1 saturated heterocycles. The van der Waals surface area contributed by atoms with Crippen LogP contribution in [0.3, 0.4) is 0 Å². The number of carbonyl (C=O) groups excluding carboxylic acids is 1. The zero-order valence-electron chi connectivity index (χ0n) is 12.6. The third-order valence-electron chi connectivity index (χ3n) is 3.92. The molecule has 0 spiro atoms. The van der Waals surface area contributed by atoms with Crippen LogP contribution in [-0.2, 0) is 21.4 Å². The Balaban J connectivity index is 1.90. The van der Waals surface area contributed by atoms with Crippen LogP contribution in [0.2, 0.25) is 0 Å². The highest BCUT2D eigenvalue weighted by Crippen LogP contribution is 2.18. The van der Waals surface area contributed by atoms with Crippen molar-refractivity contribution in [2.75, 3.05) is 18.8 Å². The normalized spacial score (nSPS) is 18.6. The first kappa shape index (κ1) is 16.7. The molecule has 2 N–H and O–H groups in total. The standard InChI is InChI=1S/C14H21N3O4S/c1-11-3-2-4-14(19)17(11)8-6-13(18)16-7-5-12(9-16)10-22(15,20)21/h2-4,12H,5-10H2,1H3,(H2,15,20,21)/t12-/m1/s1. The first-order valence-corrected chi connectivity index (χ1v) is 8.92. The van der Waals surface area contributed by atoms with Crippen molar-refractivity contribution >= 4 is 15.9 Å². The number of likely N-dealkylation sites (tertiary alicyclic amines) is 1. The van der Waals surface area contributed by atoms with E-state index in [0.717, 1.165) is 5.69 Å². The van der Waals surface area contributed by atoms with E-state index in [1.165, 1.54) is 6.07 Å². The molecule has 1 atom stereocenters. The van der Waals surface area contributed by atoms with E-state index < -0.39 is 10.0 Å². The van der Waals surface area contributed by atoms with E-state index in [4.69, 9.17) is 5.14 Å². The molecule has 2 rings (SSSR count). The first-order chi connectivity index (χ1) is 10.3. The Hall–Kier alpha value is -1.67. The van der Waals surface area contributed by atoms with Crippen LogP contribution >= 0.6 is 0 Å². The quantitative estimate of drug-likeness (QED) is 0.801. The van der Waals surface area contributed by atoms with E-state index in [2.05, 4.69) is 0 Å². The highest BCUT2D eigenvalue weighted by atomic mass is 32.2. The maximum absolute atomic E-state index is 12.2. The minimum absolute atomic E-state index is 0.0629. The van der Waals surface area contributed by atoms with Gasteiger partial charge in [-0.05, 0) is 25.3 Å². The van der Waals surface area contributed by atoms with Crippen molar-refractivity contribution in [3.8, 4) is 0 Å². The van der Waals surface area contributed by atoms with E-state index in [9.17, 15) is 18.0 Å². The third-order valence-corrected chi connectivity index (χ3v) is 4.86. The topological polar surface area (TPSA) is 102 Å². The predicted octanol–water partition coefficient (Wildman–Crippen LogP) is -0.316. The Labute approximate surface area is 129 Å². The lowest BCUT2D eigenvalue weighted by Gasteiger charge is -2.17. The fourth-order valence-electron chi connectivity index (χ4n) is 2.80. The second-order valence-electron chi connectivity index (χ2n) is 5.73. The van der Waals surface area contributed by atoms with Crippen LogP contribution in [0.15, 0.2) is 23.0 Å². The van der Waals surface area contributed by atoms with Crippen molar-refractivity contribution in [1.82, 2.24) is 9.47 Å². The molecule has 0 saturated carbocycles. The summed E-state index contributed by atoms with van der Waals surface area (Å²) in [4.78, 5) is 25.6. The monoisotopic (exact) mass is 327 g/mol. The molecule has 1 amide bonds. The summed E-state index contributed by atoms with van der Waals surface area (Å²) < 4.78 is 23.7. The number of rotatable bonds is 5. The van der Waals surface area contributed by atoms with Gasteiger partial charge in [-0.25, -0.2) is 13.6 Å². The minimum atomic E-state index is -3.51. The summed E-state index contributed by atoms with van der Waals surface area (Å²) in [5.74, 6) is -0.249. The Bertz CT molecular complexity index is 711. The molecule has 0 unspecified atom stereocenters. The molecule has 0 aliphatic carbocycles. The number of aryl methyl sites for hydroxylation is 1. The van der Waals surface area contributed by atoms with Crippen LogP contribution in [0, 0.1) is 12.8 Å². The molecular weight excluding hydrogens is 306 g/mol. The van der Waals surface area contributed by atoms with Gasteiger partial charge < -0.3 is 9.47 Å². The molecule has 0 bridgehead atoms. The summed E-state index contributed by atoms with van der Waals surface area (Å²) in [6.07, 6.45) is 0.874. The van der Waals surface area contributed by atoms with Crippen molar-refractivity contribution in [3.05, 3.63) is 34.2 Å². The van der Waals surface area contributed by atoms with Gasteiger partial charge in [0.25, 0.3) is 5.56 Å². The Morgan fingerprint density at radius 1 is 1.41 bits per heavy atom. The van der Waals surface area contributed by atoms with Gasteiger partial charge in [-0.2, -0.15) is 0 Å². The Morgan fingerprint density at radius 2 is 2.14 bits per heavy atom. The second kappa shape index (κ2) is 6.62. The van der Waals surface area contributed by atoms with Gasteiger partial charge in [0.05, 0.1) is 5.75 Å². The molecule has 1 aromatic heterocycles. The Kier molecular flexibility index (Phi) is 5.02. The van der Waals surface area contributed by atoms with Crippen LogP contribution in [0.1, 0.15) is 18.5 Å². The molecule has 1 aliphatic rings. The van der Waals surface area contributed by atoms with Gasteiger partial charge in [-0.15, -0.1) is 0 Å². The molecule has 1 aromatic rings. The van der Waals surface area contributed by atoms with Crippen LogP contribution in [0.5, 0.6) is 0 Å². The molecule has 1 aliphatic heterocycles.